The molecule has 0 spiro atoms. The minimum Gasteiger partial charge on any atom is -0.385 e. The second-order valence-electron chi connectivity index (χ2n) is 4.33. The molecular formula is C11H16O2. The number of carbonyl (C=O) groups is 1. The van der Waals surface area contributed by atoms with Gasteiger partial charge in [0.15, 0.2) is 0 Å². The second kappa shape index (κ2) is 2.55. The van der Waals surface area contributed by atoms with Crippen LogP contribution in [0.1, 0.15) is 27.7 Å². The Labute approximate surface area is 79.0 Å². The highest BCUT2D eigenvalue weighted by molar-refractivity contribution is 5.85. The summed E-state index contributed by atoms with van der Waals surface area (Å²) in [6, 6.07) is 0. The number of hydrogen-bond donors (Lipinski definition) is 1. The summed E-state index contributed by atoms with van der Waals surface area (Å²) < 4.78 is 0. The van der Waals surface area contributed by atoms with Crippen molar-refractivity contribution in [2.24, 2.45) is 5.41 Å². The SMILES string of the molecule is C=C1C(C=O)=C(C)C(C)(C)C1(C)O. The van der Waals surface area contributed by atoms with E-state index < -0.39 is 11.0 Å². The van der Waals surface area contributed by atoms with Gasteiger partial charge in [0.05, 0.1) is 5.60 Å². The van der Waals surface area contributed by atoms with Crippen LogP contribution in [0.25, 0.3) is 0 Å². The Morgan fingerprint density at radius 2 is 1.85 bits per heavy atom. The van der Waals surface area contributed by atoms with Gasteiger partial charge in [-0.15, -0.1) is 0 Å². The molecule has 0 fully saturated rings. The molecule has 0 saturated heterocycles. The van der Waals surface area contributed by atoms with Gasteiger partial charge in [-0.25, -0.2) is 0 Å². The highest BCUT2D eigenvalue weighted by atomic mass is 16.3. The van der Waals surface area contributed by atoms with Crippen molar-refractivity contribution in [3.05, 3.63) is 23.3 Å². The van der Waals surface area contributed by atoms with Gasteiger partial charge >= 0.3 is 0 Å². The summed E-state index contributed by atoms with van der Waals surface area (Å²) in [5.74, 6) is 0. The molecule has 1 aliphatic rings. The zero-order chi connectivity index (χ0) is 10.4. The van der Waals surface area contributed by atoms with Crippen molar-refractivity contribution in [1.82, 2.24) is 0 Å². The van der Waals surface area contributed by atoms with E-state index >= 15 is 0 Å². The van der Waals surface area contributed by atoms with Gasteiger partial charge in [0.1, 0.15) is 6.29 Å². The van der Waals surface area contributed by atoms with Gasteiger partial charge in [-0.1, -0.05) is 26.0 Å². The molecule has 1 rings (SSSR count). The van der Waals surface area contributed by atoms with Gasteiger partial charge in [-0.2, -0.15) is 0 Å². The van der Waals surface area contributed by atoms with Crippen molar-refractivity contribution in [2.75, 3.05) is 0 Å². The van der Waals surface area contributed by atoms with Gasteiger partial charge in [-0.05, 0) is 19.4 Å². The minimum atomic E-state index is -1.01. The first-order chi connectivity index (χ1) is 5.76. The molecule has 0 heterocycles. The third-order valence-corrected chi connectivity index (χ3v) is 3.59. The van der Waals surface area contributed by atoms with Crippen LogP contribution in [0.3, 0.4) is 0 Å². The van der Waals surface area contributed by atoms with Gasteiger partial charge in [0, 0.05) is 11.0 Å². The summed E-state index contributed by atoms with van der Waals surface area (Å²) in [4.78, 5) is 10.8. The van der Waals surface area contributed by atoms with Crippen LogP contribution in [0.5, 0.6) is 0 Å². The maximum Gasteiger partial charge on any atom is 0.150 e. The molecule has 0 aromatic heterocycles. The van der Waals surface area contributed by atoms with E-state index in [9.17, 15) is 9.90 Å². The van der Waals surface area contributed by atoms with Crippen LogP contribution in [0.15, 0.2) is 23.3 Å². The number of aldehydes is 1. The summed E-state index contributed by atoms with van der Waals surface area (Å²) in [6.45, 7) is 11.2. The van der Waals surface area contributed by atoms with E-state index in [1.807, 2.05) is 20.8 Å². The van der Waals surface area contributed by atoms with E-state index in [1.165, 1.54) is 0 Å². The largest absolute Gasteiger partial charge is 0.385 e. The molecule has 2 nitrogen and oxygen atoms in total. The maximum absolute atomic E-state index is 10.8. The summed E-state index contributed by atoms with van der Waals surface area (Å²) in [6.07, 6.45) is 0.779. The minimum absolute atomic E-state index is 0.402. The summed E-state index contributed by atoms with van der Waals surface area (Å²) in [5, 5.41) is 10.2. The van der Waals surface area contributed by atoms with Crippen molar-refractivity contribution < 1.29 is 9.90 Å². The Morgan fingerprint density at radius 1 is 1.38 bits per heavy atom. The van der Waals surface area contributed by atoms with Crippen LogP contribution < -0.4 is 0 Å². The second-order valence-corrected chi connectivity index (χ2v) is 4.33. The van der Waals surface area contributed by atoms with E-state index in [2.05, 4.69) is 6.58 Å². The Balaban J connectivity index is 3.38. The topological polar surface area (TPSA) is 37.3 Å². The zero-order valence-electron chi connectivity index (χ0n) is 8.64. The monoisotopic (exact) mass is 180 g/mol. The van der Waals surface area contributed by atoms with E-state index in [1.54, 1.807) is 6.92 Å². The van der Waals surface area contributed by atoms with Gasteiger partial charge in [-0.3, -0.25) is 4.79 Å². The van der Waals surface area contributed by atoms with Crippen molar-refractivity contribution in [3.63, 3.8) is 0 Å². The Kier molecular flexibility index (Phi) is 2.00. The molecule has 1 N–H and O–H groups in total. The van der Waals surface area contributed by atoms with Crippen molar-refractivity contribution in [3.8, 4) is 0 Å². The fourth-order valence-corrected chi connectivity index (χ4v) is 1.73. The number of aliphatic hydroxyl groups is 1. The summed E-state index contributed by atoms with van der Waals surface area (Å²) in [5.41, 5.74) is 0.602. The van der Waals surface area contributed by atoms with Gasteiger partial charge < -0.3 is 5.11 Å². The van der Waals surface area contributed by atoms with Crippen molar-refractivity contribution in [2.45, 2.75) is 33.3 Å². The first kappa shape index (κ1) is 10.2. The Bertz CT molecular complexity index is 306. The Hall–Kier alpha value is -0.890. The molecule has 0 aromatic carbocycles. The lowest BCUT2D eigenvalue weighted by atomic mass is 9.74. The van der Waals surface area contributed by atoms with E-state index in [0.717, 1.165) is 11.9 Å². The number of rotatable bonds is 1. The van der Waals surface area contributed by atoms with Crippen LogP contribution in [-0.2, 0) is 4.79 Å². The standard InChI is InChI=1S/C11H16O2/c1-7-9(6-12)8(2)11(5,13)10(7,3)4/h6,13H,2H2,1,3-5H3. The molecule has 0 saturated carbocycles. The molecule has 1 aliphatic carbocycles. The van der Waals surface area contributed by atoms with Gasteiger partial charge in [0.25, 0.3) is 0 Å². The average molecular weight is 180 g/mol. The van der Waals surface area contributed by atoms with Gasteiger partial charge in [0.2, 0.25) is 0 Å². The molecule has 13 heavy (non-hydrogen) atoms. The van der Waals surface area contributed by atoms with Crippen molar-refractivity contribution >= 4 is 6.29 Å². The third-order valence-electron chi connectivity index (χ3n) is 3.59. The lowest BCUT2D eigenvalue weighted by molar-refractivity contribution is -0.104. The predicted molar refractivity (Wildman–Crippen MR) is 52.3 cm³/mol. The highest BCUT2D eigenvalue weighted by Gasteiger charge is 2.50. The third kappa shape index (κ3) is 1.02. The predicted octanol–water partition coefficient (Wildman–Crippen LogP) is 1.85. The number of carbonyl (C=O) groups excluding carboxylic acids is 1. The quantitative estimate of drug-likeness (QED) is 0.625. The van der Waals surface area contributed by atoms with Crippen LogP contribution in [0, 0.1) is 5.41 Å². The van der Waals surface area contributed by atoms with Crippen LogP contribution >= 0.6 is 0 Å². The lowest BCUT2D eigenvalue weighted by Gasteiger charge is -2.35. The molecule has 0 aliphatic heterocycles. The van der Waals surface area contributed by atoms with E-state index in [0.29, 0.717) is 11.1 Å². The average Bonchev–Trinajstić information content (AvgIpc) is 2.13. The number of hydrogen-bond acceptors (Lipinski definition) is 2. The smallest absolute Gasteiger partial charge is 0.150 e. The Morgan fingerprint density at radius 3 is 2.00 bits per heavy atom. The van der Waals surface area contributed by atoms with Crippen LogP contribution in [0.4, 0.5) is 0 Å². The van der Waals surface area contributed by atoms with E-state index in [-0.39, 0.29) is 0 Å². The molecule has 0 radical (unpaired) electrons. The fraction of sp³-hybridized carbons (Fsp3) is 0.545. The van der Waals surface area contributed by atoms with Crippen LogP contribution in [0.2, 0.25) is 0 Å². The summed E-state index contributed by atoms with van der Waals surface area (Å²) in [7, 11) is 0. The fourth-order valence-electron chi connectivity index (χ4n) is 1.73. The maximum atomic E-state index is 10.8. The normalized spacial score (nSPS) is 32.5. The van der Waals surface area contributed by atoms with E-state index in [4.69, 9.17) is 0 Å². The van der Waals surface area contributed by atoms with Crippen molar-refractivity contribution in [1.29, 1.82) is 0 Å². The van der Waals surface area contributed by atoms with Crippen LogP contribution in [-0.4, -0.2) is 17.0 Å². The molecule has 1 atom stereocenters. The first-order valence-electron chi connectivity index (χ1n) is 4.35. The molecule has 0 bridgehead atoms. The molecule has 2 heteroatoms. The molecule has 0 aromatic rings. The molecular weight excluding hydrogens is 164 g/mol. The molecule has 1 unspecified atom stereocenters. The highest BCUT2D eigenvalue weighted by Crippen LogP contribution is 2.51. The molecule has 0 amide bonds. The first-order valence-corrected chi connectivity index (χ1v) is 4.35. The lowest BCUT2D eigenvalue weighted by Crippen LogP contribution is -2.39. The summed E-state index contributed by atoms with van der Waals surface area (Å²) >= 11 is 0. The molecule has 72 valence electrons. The zero-order valence-corrected chi connectivity index (χ0v) is 8.64.